The summed E-state index contributed by atoms with van der Waals surface area (Å²) in [6.45, 7) is 2.13. The highest BCUT2D eigenvalue weighted by Crippen LogP contribution is 2.26. The Morgan fingerprint density at radius 3 is 2.46 bits per heavy atom. The molecule has 138 valence electrons. The van der Waals surface area contributed by atoms with Crippen LogP contribution in [-0.4, -0.2) is 13.3 Å². The van der Waals surface area contributed by atoms with E-state index in [9.17, 15) is 0 Å². The van der Waals surface area contributed by atoms with Crippen LogP contribution in [0.25, 0.3) is 10.8 Å². The molecule has 0 saturated carbocycles. The van der Waals surface area contributed by atoms with Crippen molar-refractivity contribution >= 4 is 41.9 Å². The molecule has 0 saturated heterocycles. The minimum absolute atomic E-state index is 0.490. The van der Waals surface area contributed by atoms with Gasteiger partial charge in [0, 0.05) is 22.4 Å². The standard InChI is InChI=1S/C25H22NOP/c1-18-9-7-15-23(27-2)25(18)28-24-16-6-5-14-22(24)26-17-20-12-8-11-19-10-3-4-13-21(19)20/h3-17,28H,1-2H3. The first-order chi connectivity index (χ1) is 13.8. The zero-order valence-corrected chi connectivity index (χ0v) is 17.0. The van der Waals surface area contributed by atoms with Crippen LogP contribution in [0.2, 0.25) is 0 Å². The zero-order chi connectivity index (χ0) is 19.3. The molecule has 0 aliphatic carbocycles. The normalized spacial score (nSPS) is 11.6. The Hall–Kier alpha value is -2.96. The van der Waals surface area contributed by atoms with Gasteiger partial charge in [0.1, 0.15) is 5.75 Å². The molecule has 0 N–H and O–H groups in total. The molecule has 2 nitrogen and oxygen atoms in total. The molecule has 4 aromatic carbocycles. The summed E-state index contributed by atoms with van der Waals surface area (Å²) in [5.74, 6) is 0.936. The van der Waals surface area contributed by atoms with Gasteiger partial charge in [-0.25, -0.2) is 0 Å². The molecule has 0 aromatic heterocycles. The first kappa shape index (κ1) is 18.4. The van der Waals surface area contributed by atoms with Crippen molar-refractivity contribution in [3.8, 4) is 5.75 Å². The van der Waals surface area contributed by atoms with Gasteiger partial charge in [0.15, 0.2) is 0 Å². The van der Waals surface area contributed by atoms with Crippen LogP contribution in [0.5, 0.6) is 5.75 Å². The van der Waals surface area contributed by atoms with Crippen LogP contribution >= 0.6 is 8.58 Å². The summed E-state index contributed by atoms with van der Waals surface area (Å²) in [7, 11) is 2.22. The van der Waals surface area contributed by atoms with Crippen molar-refractivity contribution in [2.24, 2.45) is 4.99 Å². The Balaban J connectivity index is 1.70. The maximum Gasteiger partial charge on any atom is 0.126 e. The fourth-order valence-corrected chi connectivity index (χ4v) is 4.61. The molecule has 1 atom stereocenters. The lowest BCUT2D eigenvalue weighted by Gasteiger charge is -2.13. The van der Waals surface area contributed by atoms with Gasteiger partial charge >= 0.3 is 0 Å². The number of aliphatic imine (C=N–C) groups is 1. The number of methoxy groups -OCH3 is 1. The molecule has 0 fully saturated rings. The van der Waals surface area contributed by atoms with E-state index in [1.807, 2.05) is 24.4 Å². The molecule has 0 spiro atoms. The molecule has 0 heterocycles. The quantitative estimate of drug-likeness (QED) is 0.328. The van der Waals surface area contributed by atoms with E-state index < -0.39 is 0 Å². The van der Waals surface area contributed by atoms with Gasteiger partial charge in [-0.05, 0) is 35.4 Å². The second-order valence-electron chi connectivity index (χ2n) is 6.62. The van der Waals surface area contributed by atoms with Gasteiger partial charge in [-0.1, -0.05) is 81.4 Å². The van der Waals surface area contributed by atoms with Crippen LogP contribution in [0.4, 0.5) is 5.69 Å². The molecule has 0 bridgehead atoms. The number of rotatable bonds is 5. The first-order valence-corrected chi connectivity index (χ1v) is 10.3. The summed E-state index contributed by atoms with van der Waals surface area (Å²) < 4.78 is 5.58. The van der Waals surface area contributed by atoms with Gasteiger partial charge in [0.25, 0.3) is 0 Å². The maximum absolute atomic E-state index is 5.58. The summed E-state index contributed by atoms with van der Waals surface area (Å²) in [6, 6.07) is 29.3. The summed E-state index contributed by atoms with van der Waals surface area (Å²) >= 11 is 0. The molecule has 4 aromatic rings. The topological polar surface area (TPSA) is 21.6 Å². The monoisotopic (exact) mass is 383 g/mol. The number of hydrogen-bond donors (Lipinski definition) is 0. The zero-order valence-electron chi connectivity index (χ0n) is 16.0. The molecule has 0 aliphatic heterocycles. The Kier molecular flexibility index (Phi) is 5.50. The average molecular weight is 383 g/mol. The molecule has 0 radical (unpaired) electrons. The van der Waals surface area contributed by atoms with Crippen molar-refractivity contribution in [2.45, 2.75) is 6.92 Å². The van der Waals surface area contributed by atoms with Gasteiger partial charge in [0.2, 0.25) is 0 Å². The van der Waals surface area contributed by atoms with Gasteiger partial charge < -0.3 is 4.74 Å². The first-order valence-electron chi connectivity index (χ1n) is 9.28. The molecule has 28 heavy (non-hydrogen) atoms. The molecular formula is C25H22NOP. The Labute approximate surface area is 167 Å². The second-order valence-corrected chi connectivity index (χ2v) is 7.91. The molecule has 4 rings (SSSR count). The number of nitrogens with zero attached hydrogens (tertiary/aromatic N) is 1. The van der Waals surface area contributed by atoms with E-state index in [2.05, 4.69) is 73.7 Å². The molecular weight excluding hydrogens is 361 g/mol. The number of aryl methyl sites for hydroxylation is 1. The number of hydrogen-bond acceptors (Lipinski definition) is 2. The van der Waals surface area contributed by atoms with Crippen molar-refractivity contribution in [2.75, 3.05) is 7.11 Å². The van der Waals surface area contributed by atoms with Crippen molar-refractivity contribution in [3.63, 3.8) is 0 Å². The predicted molar refractivity (Wildman–Crippen MR) is 123 cm³/mol. The van der Waals surface area contributed by atoms with Gasteiger partial charge in [-0.2, -0.15) is 0 Å². The van der Waals surface area contributed by atoms with Crippen molar-refractivity contribution in [1.82, 2.24) is 0 Å². The predicted octanol–water partition coefficient (Wildman–Crippen LogP) is 5.54. The average Bonchev–Trinajstić information content (AvgIpc) is 2.74. The number of para-hydroxylation sites is 1. The fraction of sp³-hybridized carbons (Fsp3) is 0.0800. The minimum Gasteiger partial charge on any atom is -0.496 e. The Morgan fingerprint density at radius 1 is 0.821 bits per heavy atom. The lowest BCUT2D eigenvalue weighted by molar-refractivity contribution is 0.418. The summed E-state index contributed by atoms with van der Waals surface area (Å²) in [6.07, 6.45) is 1.97. The van der Waals surface area contributed by atoms with Crippen molar-refractivity contribution in [1.29, 1.82) is 0 Å². The van der Waals surface area contributed by atoms with Crippen LogP contribution in [0.15, 0.2) is 89.9 Å². The minimum atomic E-state index is 0.490. The van der Waals surface area contributed by atoms with E-state index in [0.29, 0.717) is 8.58 Å². The van der Waals surface area contributed by atoms with E-state index in [0.717, 1.165) is 17.0 Å². The Bertz CT molecular complexity index is 1140. The number of fused-ring (bicyclic) bond motifs is 1. The van der Waals surface area contributed by atoms with Crippen molar-refractivity contribution < 1.29 is 4.74 Å². The lowest BCUT2D eigenvalue weighted by atomic mass is 10.1. The number of benzene rings is 4. The third kappa shape index (κ3) is 3.83. The summed E-state index contributed by atoms with van der Waals surface area (Å²) in [4.78, 5) is 4.85. The van der Waals surface area contributed by atoms with E-state index in [1.165, 1.54) is 26.9 Å². The summed E-state index contributed by atoms with van der Waals surface area (Å²) in [5, 5.41) is 4.89. The lowest BCUT2D eigenvalue weighted by Crippen LogP contribution is -2.10. The van der Waals surface area contributed by atoms with Crippen LogP contribution in [-0.2, 0) is 0 Å². The van der Waals surface area contributed by atoms with Gasteiger partial charge in [-0.3, -0.25) is 4.99 Å². The number of ether oxygens (including phenoxy) is 1. The SMILES string of the molecule is COc1cccc(C)c1Pc1ccccc1N=Cc1cccc2ccccc12. The van der Waals surface area contributed by atoms with Gasteiger partial charge in [0.05, 0.1) is 12.8 Å². The molecule has 3 heteroatoms. The van der Waals surface area contributed by atoms with Crippen LogP contribution in [0, 0.1) is 6.92 Å². The maximum atomic E-state index is 5.58. The fourth-order valence-electron chi connectivity index (χ4n) is 3.30. The largest absolute Gasteiger partial charge is 0.496 e. The van der Waals surface area contributed by atoms with E-state index in [4.69, 9.17) is 9.73 Å². The molecule has 0 amide bonds. The smallest absolute Gasteiger partial charge is 0.126 e. The van der Waals surface area contributed by atoms with E-state index in [1.54, 1.807) is 7.11 Å². The highest BCUT2D eigenvalue weighted by Gasteiger charge is 2.09. The van der Waals surface area contributed by atoms with E-state index in [-0.39, 0.29) is 0 Å². The Morgan fingerprint density at radius 2 is 1.57 bits per heavy atom. The molecule has 0 aliphatic rings. The second kappa shape index (κ2) is 8.37. The highest BCUT2D eigenvalue weighted by molar-refractivity contribution is 7.56. The van der Waals surface area contributed by atoms with E-state index >= 15 is 0 Å². The highest BCUT2D eigenvalue weighted by atomic mass is 31.1. The van der Waals surface area contributed by atoms with Crippen LogP contribution in [0.1, 0.15) is 11.1 Å². The third-order valence-corrected chi connectivity index (χ3v) is 6.37. The molecule has 1 unspecified atom stereocenters. The third-order valence-electron chi connectivity index (χ3n) is 4.78. The van der Waals surface area contributed by atoms with Crippen molar-refractivity contribution in [3.05, 3.63) is 96.1 Å². The summed E-state index contributed by atoms with van der Waals surface area (Å²) in [5.41, 5.74) is 3.37. The van der Waals surface area contributed by atoms with Crippen LogP contribution < -0.4 is 15.3 Å². The van der Waals surface area contributed by atoms with Crippen LogP contribution in [0.3, 0.4) is 0 Å². The van der Waals surface area contributed by atoms with Gasteiger partial charge in [-0.15, -0.1) is 0 Å².